The molecule has 17 heavy (non-hydrogen) atoms. The topological polar surface area (TPSA) is 12.0 Å². The summed E-state index contributed by atoms with van der Waals surface area (Å²) in [6.45, 7) is 1.14. The van der Waals surface area contributed by atoms with Crippen LogP contribution in [0.3, 0.4) is 0 Å². The predicted octanol–water partition coefficient (Wildman–Crippen LogP) is 4.93. The van der Waals surface area contributed by atoms with Gasteiger partial charge in [-0.05, 0) is 58.7 Å². The molecule has 0 saturated heterocycles. The fourth-order valence-electron chi connectivity index (χ4n) is 3.57. The first-order valence-electron chi connectivity index (χ1n) is 6.88. The van der Waals surface area contributed by atoms with Crippen LogP contribution in [0.4, 0.5) is 5.69 Å². The predicted molar refractivity (Wildman–Crippen MR) is 76.6 cm³/mol. The number of hydrogen-bond donors (Lipinski definition) is 1. The quantitative estimate of drug-likeness (QED) is 0.774. The van der Waals surface area contributed by atoms with Crippen LogP contribution < -0.4 is 5.32 Å². The van der Waals surface area contributed by atoms with E-state index in [0.717, 1.165) is 18.4 Å². The summed E-state index contributed by atoms with van der Waals surface area (Å²) in [5, 5.41) is 3.55. The summed E-state index contributed by atoms with van der Waals surface area (Å²) in [6.07, 6.45) is 8.53. The second kappa shape index (κ2) is 5.01. The van der Waals surface area contributed by atoms with Crippen LogP contribution in [-0.2, 0) is 0 Å². The summed E-state index contributed by atoms with van der Waals surface area (Å²) >= 11 is 3.67. The van der Waals surface area contributed by atoms with Crippen LogP contribution in [0.15, 0.2) is 22.7 Å². The van der Waals surface area contributed by atoms with E-state index in [0.29, 0.717) is 0 Å². The van der Waals surface area contributed by atoms with Crippen LogP contribution in [0.5, 0.6) is 0 Å². The summed E-state index contributed by atoms with van der Waals surface area (Å²) in [5.74, 6) is 1.72. The van der Waals surface area contributed by atoms with Crippen LogP contribution in [0.2, 0.25) is 0 Å². The molecule has 1 nitrogen and oxygen atoms in total. The molecular weight excluding hydrogens is 274 g/mol. The van der Waals surface area contributed by atoms with Gasteiger partial charge in [0, 0.05) is 11.0 Å². The molecule has 92 valence electrons. The minimum atomic E-state index is 0.795. The fraction of sp³-hybridized carbons (Fsp3) is 0.600. The zero-order valence-corrected chi connectivity index (χ0v) is 11.8. The van der Waals surface area contributed by atoms with Crippen molar-refractivity contribution in [2.45, 2.75) is 44.4 Å². The maximum atomic E-state index is 3.67. The zero-order chi connectivity index (χ0) is 11.7. The second-order valence-electron chi connectivity index (χ2n) is 5.42. The largest absolute Gasteiger partial charge is 0.384 e. The van der Waals surface area contributed by atoms with E-state index in [2.05, 4.69) is 39.4 Å². The Hall–Kier alpha value is -0.500. The van der Waals surface area contributed by atoms with E-state index < -0.39 is 0 Å². The van der Waals surface area contributed by atoms with Gasteiger partial charge >= 0.3 is 0 Å². The number of halogens is 1. The van der Waals surface area contributed by atoms with Gasteiger partial charge in [-0.25, -0.2) is 0 Å². The van der Waals surface area contributed by atoms with Gasteiger partial charge in [-0.1, -0.05) is 31.4 Å². The molecule has 0 spiro atoms. The van der Waals surface area contributed by atoms with Gasteiger partial charge in [0.1, 0.15) is 0 Å². The molecule has 3 rings (SSSR count). The Morgan fingerprint density at radius 2 is 1.88 bits per heavy atom. The molecule has 1 N–H and O–H groups in total. The number of nitrogens with one attached hydrogen (secondary N) is 1. The smallest absolute Gasteiger partial charge is 0.0520 e. The molecule has 0 radical (unpaired) electrons. The standard InChI is InChI=1S/C15H20BrN/c16-14-8-4-7-13-12(9-10-17-15(13)14)11-5-2-1-3-6-11/h4,7-8,11-12,17H,1-3,5-6,9-10H2. The highest BCUT2D eigenvalue weighted by molar-refractivity contribution is 9.10. The Bertz CT molecular complexity index is 396. The van der Waals surface area contributed by atoms with E-state index in [4.69, 9.17) is 0 Å². The van der Waals surface area contributed by atoms with Crippen LogP contribution in [0, 0.1) is 5.92 Å². The van der Waals surface area contributed by atoms with Crippen molar-refractivity contribution < 1.29 is 0 Å². The minimum Gasteiger partial charge on any atom is -0.384 e. The maximum absolute atomic E-state index is 3.67. The normalized spacial score (nSPS) is 25.1. The van der Waals surface area contributed by atoms with Crippen molar-refractivity contribution in [3.8, 4) is 0 Å². The lowest BCUT2D eigenvalue weighted by Crippen LogP contribution is -2.24. The number of para-hydroxylation sites is 1. The van der Waals surface area contributed by atoms with E-state index in [9.17, 15) is 0 Å². The Morgan fingerprint density at radius 1 is 1.06 bits per heavy atom. The van der Waals surface area contributed by atoms with Crippen LogP contribution in [-0.4, -0.2) is 6.54 Å². The lowest BCUT2D eigenvalue weighted by Gasteiger charge is -2.35. The number of hydrogen-bond acceptors (Lipinski definition) is 1. The molecule has 0 aromatic heterocycles. The van der Waals surface area contributed by atoms with Crippen LogP contribution in [0.25, 0.3) is 0 Å². The molecule has 1 aliphatic heterocycles. The van der Waals surface area contributed by atoms with Crippen LogP contribution >= 0.6 is 15.9 Å². The highest BCUT2D eigenvalue weighted by atomic mass is 79.9. The molecule has 1 fully saturated rings. The molecule has 1 aliphatic carbocycles. The average Bonchev–Trinajstić information content (AvgIpc) is 2.40. The Morgan fingerprint density at radius 3 is 2.71 bits per heavy atom. The fourth-order valence-corrected chi connectivity index (χ4v) is 4.09. The third-order valence-corrected chi connectivity index (χ3v) is 5.08. The summed E-state index contributed by atoms with van der Waals surface area (Å²) in [7, 11) is 0. The van der Waals surface area contributed by atoms with Gasteiger partial charge in [0.2, 0.25) is 0 Å². The van der Waals surface area contributed by atoms with Gasteiger partial charge in [0.05, 0.1) is 5.69 Å². The van der Waals surface area contributed by atoms with E-state index in [1.54, 1.807) is 5.56 Å². The second-order valence-corrected chi connectivity index (χ2v) is 6.28. The van der Waals surface area contributed by atoms with Crippen molar-refractivity contribution in [1.29, 1.82) is 0 Å². The third kappa shape index (κ3) is 2.24. The molecule has 1 heterocycles. The van der Waals surface area contributed by atoms with Crippen molar-refractivity contribution in [1.82, 2.24) is 0 Å². The van der Waals surface area contributed by atoms with E-state index >= 15 is 0 Å². The first-order valence-corrected chi connectivity index (χ1v) is 7.68. The molecule has 1 aromatic rings. The van der Waals surface area contributed by atoms with E-state index in [-0.39, 0.29) is 0 Å². The zero-order valence-electron chi connectivity index (χ0n) is 10.2. The molecule has 1 atom stereocenters. The number of benzene rings is 1. The van der Waals surface area contributed by atoms with Gasteiger partial charge in [0.25, 0.3) is 0 Å². The molecule has 2 aliphatic rings. The van der Waals surface area contributed by atoms with Gasteiger partial charge in [-0.3, -0.25) is 0 Å². The minimum absolute atomic E-state index is 0.795. The van der Waals surface area contributed by atoms with Gasteiger partial charge in [-0.2, -0.15) is 0 Å². The summed E-state index contributed by atoms with van der Waals surface area (Å²) in [6, 6.07) is 6.66. The van der Waals surface area contributed by atoms with Crippen molar-refractivity contribution in [2.24, 2.45) is 5.92 Å². The van der Waals surface area contributed by atoms with Crippen LogP contribution in [0.1, 0.15) is 50.0 Å². The molecule has 0 amide bonds. The lowest BCUT2D eigenvalue weighted by molar-refractivity contribution is 0.294. The first-order chi connectivity index (χ1) is 8.36. The number of fused-ring (bicyclic) bond motifs is 1. The summed E-state index contributed by atoms with van der Waals surface area (Å²) in [5.41, 5.74) is 2.91. The first kappa shape index (κ1) is 11.6. The molecule has 0 bridgehead atoms. The highest BCUT2D eigenvalue weighted by Gasteiger charge is 2.29. The molecule has 2 heteroatoms. The summed E-state index contributed by atoms with van der Waals surface area (Å²) in [4.78, 5) is 0. The van der Waals surface area contributed by atoms with Crippen molar-refractivity contribution in [2.75, 3.05) is 11.9 Å². The van der Waals surface area contributed by atoms with Gasteiger partial charge in [-0.15, -0.1) is 0 Å². The molecule has 1 aromatic carbocycles. The Kier molecular flexibility index (Phi) is 3.41. The lowest BCUT2D eigenvalue weighted by atomic mass is 9.74. The Balaban J connectivity index is 1.90. The maximum Gasteiger partial charge on any atom is 0.0520 e. The van der Waals surface area contributed by atoms with E-state index in [1.165, 1.54) is 48.7 Å². The number of anilines is 1. The SMILES string of the molecule is Brc1cccc2c1NCCC2C1CCCCC1. The third-order valence-electron chi connectivity index (χ3n) is 4.42. The average molecular weight is 294 g/mol. The van der Waals surface area contributed by atoms with Crippen molar-refractivity contribution >= 4 is 21.6 Å². The van der Waals surface area contributed by atoms with E-state index in [1.807, 2.05) is 0 Å². The van der Waals surface area contributed by atoms with Crippen molar-refractivity contribution in [3.63, 3.8) is 0 Å². The highest BCUT2D eigenvalue weighted by Crippen LogP contribution is 2.44. The van der Waals surface area contributed by atoms with Gasteiger partial charge in [0.15, 0.2) is 0 Å². The number of rotatable bonds is 1. The molecular formula is C15H20BrN. The molecule has 1 saturated carbocycles. The summed E-state index contributed by atoms with van der Waals surface area (Å²) < 4.78 is 1.23. The Labute approximate surface area is 112 Å². The van der Waals surface area contributed by atoms with Gasteiger partial charge < -0.3 is 5.32 Å². The molecule has 1 unspecified atom stereocenters. The van der Waals surface area contributed by atoms with Crippen molar-refractivity contribution in [3.05, 3.63) is 28.2 Å². The monoisotopic (exact) mass is 293 g/mol.